The summed E-state index contributed by atoms with van der Waals surface area (Å²) in [6.07, 6.45) is 28.1. The van der Waals surface area contributed by atoms with Gasteiger partial charge >= 0.3 is 0 Å². The third-order valence-corrected chi connectivity index (χ3v) is 16.2. The van der Waals surface area contributed by atoms with Crippen molar-refractivity contribution >= 4 is 25.3 Å². The van der Waals surface area contributed by atoms with Crippen LogP contribution >= 0.6 is 0 Å². The first-order valence-corrected chi connectivity index (χ1v) is 24.4. The number of amides is 1. The molecule has 0 saturated carbocycles. The smallest absolute Gasteiger partial charge is 0.222 e. The van der Waals surface area contributed by atoms with Gasteiger partial charge < -0.3 is 9.74 Å². The highest BCUT2D eigenvalue weighted by Gasteiger charge is 2.40. The summed E-state index contributed by atoms with van der Waals surface area (Å²) < 4.78 is 24.9. The number of unbranched alkanes of at least 4 members (excludes halogenated alkanes) is 16. The van der Waals surface area contributed by atoms with Gasteiger partial charge in [0.2, 0.25) is 5.91 Å². The first-order chi connectivity index (χ1) is 22.2. The Morgan fingerprint density at radius 3 is 1.55 bits per heavy atom. The van der Waals surface area contributed by atoms with E-state index in [9.17, 15) is 9.00 Å². The van der Waals surface area contributed by atoms with Crippen LogP contribution in [0.1, 0.15) is 196 Å². The Bertz CT molecular complexity index is 813. The number of nitrogens with one attached hydrogen (secondary N) is 1. The van der Waals surface area contributed by atoms with Crippen molar-refractivity contribution in [2.45, 2.75) is 233 Å². The van der Waals surface area contributed by atoms with E-state index in [4.69, 9.17) is 8.61 Å². The van der Waals surface area contributed by atoms with Gasteiger partial charge in [0, 0.05) is 0 Å². The maximum absolute atomic E-state index is 13.4. The van der Waals surface area contributed by atoms with Crippen LogP contribution in [-0.4, -0.2) is 42.4 Å². The summed E-state index contributed by atoms with van der Waals surface area (Å²) in [7, 11) is -2.01. The number of carbonyl (C=O) groups is 1. The summed E-state index contributed by atoms with van der Waals surface area (Å²) in [6.45, 7) is 20.6. The fourth-order valence-corrected chi connectivity index (χ4v) is 9.01. The molecular weight excluding hydrogens is 619 g/mol. The molecule has 0 aromatic rings. The minimum Gasteiger partial charge on any atom is -0.413 e. The van der Waals surface area contributed by atoms with Gasteiger partial charge in [0.05, 0.1) is 30.4 Å². The third kappa shape index (κ3) is 23.0. The second-order valence-corrected chi connectivity index (χ2v) is 23.2. The molecule has 0 aromatic carbocycles. The highest BCUT2D eigenvalue weighted by molar-refractivity contribution is 7.80. The number of hydrogen-bond donors (Lipinski definition) is 1. The first-order valence-electron chi connectivity index (χ1n) is 20.2. The highest BCUT2D eigenvalue weighted by atomic mass is 32.2. The number of carbonyl (C=O) groups excluding carboxylic acids is 1. The quantitative estimate of drug-likeness (QED) is 0.0623. The average molecular weight is 700 g/mol. The molecule has 0 bridgehead atoms. The molecule has 280 valence electrons. The molecule has 1 fully saturated rings. The predicted molar refractivity (Wildman–Crippen MR) is 208 cm³/mol. The molecule has 1 N–H and O–H groups in total. The second kappa shape index (κ2) is 25.7. The van der Waals surface area contributed by atoms with Gasteiger partial charge in [0.25, 0.3) is 0 Å². The summed E-state index contributed by atoms with van der Waals surface area (Å²) >= 11 is -1.31. The van der Waals surface area contributed by atoms with Crippen LogP contribution in [0.5, 0.6) is 0 Å². The van der Waals surface area contributed by atoms with Gasteiger partial charge in [-0.1, -0.05) is 177 Å². The molecular formula is C40H81NO4SSi. The number of rotatable bonds is 29. The normalized spacial score (nSPS) is 19.6. The third-order valence-electron chi connectivity index (χ3n) is 10.6. The lowest BCUT2D eigenvalue weighted by Gasteiger charge is -2.39. The molecule has 1 rings (SSSR count). The Labute approximate surface area is 297 Å². The van der Waals surface area contributed by atoms with Crippen LogP contribution in [0.4, 0.5) is 0 Å². The zero-order valence-electron chi connectivity index (χ0n) is 32.9. The molecule has 1 saturated heterocycles. The SMILES string of the molecule is CC(C)CCCCCCCCCCC[C@H](CC(=O)N[C@H]1CS(=O)O[C@@H]1CCCCCCCCCCCC(C)C)O[Si](C)(C)C(C)(C)C. The van der Waals surface area contributed by atoms with Crippen molar-refractivity contribution in [2.24, 2.45) is 11.8 Å². The fourth-order valence-electron chi connectivity index (χ4n) is 6.45. The molecule has 1 heterocycles. The van der Waals surface area contributed by atoms with Crippen molar-refractivity contribution < 1.29 is 17.6 Å². The Hall–Kier alpha value is -0.243. The van der Waals surface area contributed by atoms with Crippen LogP contribution in [0.25, 0.3) is 0 Å². The topological polar surface area (TPSA) is 64.6 Å². The predicted octanol–water partition coefficient (Wildman–Crippen LogP) is 12.2. The zero-order chi connectivity index (χ0) is 35.1. The van der Waals surface area contributed by atoms with E-state index in [1.807, 2.05) is 0 Å². The molecule has 1 amide bonds. The molecule has 0 radical (unpaired) electrons. The minimum atomic E-state index is -2.01. The van der Waals surface area contributed by atoms with Crippen molar-refractivity contribution in [1.29, 1.82) is 0 Å². The van der Waals surface area contributed by atoms with Gasteiger partial charge in [0.1, 0.15) is 0 Å². The van der Waals surface area contributed by atoms with E-state index in [-0.39, 0.29) is 29.2 Å². The van der Waals surface area contributed by atoms with E-state index >= 15 is 0 Å². The van der Waals surface area contributed by atoms with E-state index in [0.29, 0.717) is 12.2 Å². The lowest BCUT2D eigenvalue weighted by Crippen LogP contribution is -2.47. The maximum Gasteiger partial charge on any atom is 0.222 e. The van der Waals surface area contributed by atoms with E-state index in [0.717, 1.165) is 37.5 Å². The van der Waals surface area contributed by atoms with Gasteiger partial charge in [-0.25, -0.2) is 4.21 Å². The Balaban J connectivity index is 2.41. The van der Waals surface area contributed by atoms with Crippen LogP contribution in [0, 0.1) is 11.8 Å². The summed E-state index contributed by atoms with van der Waals surface area (Å²) in [5.41, 5.74) is 0. The van der Waals surface area contributed by atoms with Crippen molar-refractivity contribution in [3.63, 3.8) is 0 Å². The minimum absolute atomic E-state index is 0.0251. The van der Waals surface area contributed by atoms with Gasteiger partial charge in [0.15, 0.2) is 19.4 Å². The first kappa shape index (κ1) is 44.8. The van der Waals surface area contributed by atoms with Crippen molar-refractivity contribution in [3.05, 3.63) is 0 Å². The van der Waals surface area contributed by atoms with E-state index in [2.05, 4.69) is 66.9 Å². The number of hydrogen-bond acceptors (Lipinski definition) is 4. The molecule has 5 nitrogen and oxygen atoms in total. The Kier molecular flexibility index (Phi) is 24.5. The zero-order valence-corrected chi connectivity index (χ0v) is 34.7. The van der Waals surface area contributed by atoms with Crippen LogP contribution in [0.15, 0.2) is 0 Å². The molecule has 1 aliphatic heterocycles. The van der Waals surface area contributed by atoms with E-state index in [1.54, 1.807) is 0 Å². The standard InChI is InChI=1S/C40H81NO4SSi/c1-34(2)28-24-20-16-12-10-14-18-22-26-30-36(45-47(8,9)40(5,6)7)32-39(42)41-37-33-46(43)44-38(37)31-27-23-19-15-11-13-17-21-25-29-35(3)4/h34-38H,10-33H2,1-9H3,(H,41,42)/t36-,37+,38-,46?/m1/s1. The molecule has 47 heavy (non-hydrogen) atoms. The molecule has 1 unspecified atom stereocenters. The average Bonchev–Trinajstić information content (AvgIpc) is 3.31. The molecule has 0 aromatic heterocycles. The van der Waals surface area contributed by atoms with Crippen molar-refractivity contribution in [1.82, 2.24) is 5.32 Å². The van der Waals surface area contributed by atoms with Crippen LogP contribution in [0.2, 0.25) is 18.1 Å². The van der Waals surface area contributed by atoms with Crippen molar-refractivity contribution in [3.8, 4) is 0 Å². The van der Waals surface area contributed by atoms with Gasteiger partial charge in [-0.2, -0.15) is 0 Å². The Morgan fingerprint density at radius 1 is 0.723 bits per heavy atom. The van der Waals surface area contributed by atoms with Crippen molar-refractivity contribution in [2.75, 3.05) is 5.75 Å². The van der Waals surface area contributed by atoms with Gasteiger partial charge in [-0.15, -0.1) is 0 Å². The Morgan fingerprint density at radius 2 is 1.13 bits per heavy atom. The summed E-state index contributed by atoms with van der Waals surface area (Å²) in [4.78, 5) is 13.4. The lowest BCUT2D eigenvalue weighted by molar-refractivity contribution is -0.123. The van der Waals surface area contributed by atoms with Crippen LogP contribution in [0.3, 0.4) is 0 Å². The summed E-state index contributed by atoms with van der Waals surface area (Å²) in [6, 6.07) is -0.159. The summed E-state index contributed by atoms with van der Waals surface area (Å²) in [5.74, 6) is 2.09. The van der Waals surface area contributed by atoms with Gasteiger partial charge in [-0.05, 0) is 42.8 Å². The molecule has 1 aliphatic rings. The second-order valence-electron chi connectivity index (χ2n) is 17.3. The monoisotopic (exact) mass is 700 g/mol. The molecule has 0 spiro atoms. The molecule has 4 atom stereocenters. The van der Waals surface area contributed by atoms with Gasteiger partial charge in [-0.3, -0.25) is 8.98 Å². The largest absolute Gasteiger partial charge is 0.413 e. The highest BCUT2D eigenvalue weighted by Crippen LogP contribution is 2.38. The molecule has 7 heteroatoms. The van der Waals surface area contributed by atoms with E-state index < -0.39 is 19.4 Å². The lowest BCUT2D eigenvalue weighted by atomic mass is 10.0. The molecule has 0 aliphatic carbocycles. The fraction of sp³-hybridized carbons (Fsp3) is 0.975. The summed E-state index contributed by atoms with van der Waals surface area (Å²) in [5, 5.41) is 3.33. The van der Waals surface area contributed by atoms with Crippen LogP contribution < -0.4 is 5.32 Å². The van der Waals surface area contributed by atoms with E-state index in [1.165, 1.54) is 116 Å². The maximum atomic E-state index is 13.4. The van der Waals surface area contributed by atoms with Crippen LogP contribution in [-0.2, 0) is 24.5 Å².